The van der Waals surface area contributed by atoms with Crippen LogP contribution in [0.3, 0.4) is 0 Å². The summed E-state index contributed by atoms with van der Waals surface area (Å²) in [5, 5.41) is 15.1. The van der Waals surface area contributed by atoms with Crippen LogP contribution in [0.2, 0.25) is 0 Å². The maximum Gasteiger partial charge on any atom is 0.407 e. The van der Waals surface area contributed by atoms with Gasteiger partial charge in [-0.05, 0) is 40.5 Å². The number of carboxylic acid groups (broad SMARTS) is 1. The van der Waals surface area contributed by atoms with Crippen LogP contribution in [0.1, 0.15) is 63.5 Å². The SMILES string of the molecule is CC(C)(C)C(CC(=O)NC1CCCC1C(=O)O)NC(=O)OCC1c2ccccc2-c2ccccc21. The Bertz CT molecular complexity index is 1060. The number of carboxylic acids is 1. The van der Waals surface area contributed by atoms with Gasteiger partial charge in [-0.2, -0.15) is 0 Å². The average molecular weight is 479 g/mol. The highest BCUT2D eigenvalue weighted by molar-refractivity contribution is 5.80. The van der Waals surface area contributed by atoms with Crippen molar-refractivity contribution in [3.63, 3.8) is 0 Å². The van der Waals surface area contributed by atoms with Crippen molar-refractivity contribution in [2.24, 2.45) is 11.3 Å². The van der Waals surface area contributed by atoms with E-state index in [-0.39, 0.29) is 30.9 Å². The van der Waals surface area contributed by atoms with E-state index in [2.05, 4.69) is 34.9 Å². The number of nitrogens with one attached hydrogen (secondary N) is 2. The molecule has 2 aliphatic carbocycles. The summed E-state index contributed by atoms with van der Waals surface area (Å²) in [6.07, 6.45) is 1.49. The summed E-state index contributed by atoms with van der Waals surface area (Å²) in [5.41, 5.74) is 4.20. The first-order valence-electron chi connectivity index (χ1n) is 12.3. The quantitative estimate of drug-likeness (QED) is 0.535. The van der Waals surface area contributed by atoms with Gasteiger partial charge < -0.3 is 20.5 Å². The largest absolute Gasteiger partial charge is 0.481 e. The Morgan fingerprint density at radius 3 is 2.17 bits per heavy atom. The number of benzene rings is 2. The summed E-state index contributed by atoms with van der Waals surface area (Å²) in [4.78, 5) is 37.0. The van der Waals surface area contributed by atoms with E-state index in [1.165, 1.54) is 0 Å². The van der Waals surface area contributed by atoms with Crippen LogP contribution in [0.15, 0.2) is 48.5 Å². The molecule has 186 valence electrons. The molecule has 0 aliphatic heterocycles. The van der Waals surface area contributed by atoms with E-state index in [9.17, 15) is 19.5 Å². The van der Waals surface area contributed by atoms with Crippen LogP contribution in [0.5, 0.6) is 0 Å². The molecule has 7 heteroatoms. The molecule has 3 unspecified atom stereocenters. The first-order chi connectivity index (χ1) is 16.6. The van der Waals surface area contributed by atoms with Crippen LogP contribution in [-0.4, -0.2) is 41.8 Å². The highest BCUT2D eigenvalue weighted by Gasteiger charge is 2.36. The molecule has 0 saturated heterocycles. The van der Waals surface area contributed by atoms with Gasteiger partial charge in [-0.25, -0.2) is 4.79 Å². The van der Waals surface area contributed by atoms with Gasteiger partial charge in [0.1, 0.15) is 6.61 Å². The minimum atomic E-state index is -0.878. The van der Waals surface area contributed by atoms with Gasteiger partial charge in [0.25, 0.3) is 0 Å². The zero-order chi connectivity index (χ0) is 25.2. The van der Waals surface area contributed by atoms with Crippen molar-refractivity contribution in [2.75, 3.05) is 6.61 Å². The van der Waals surface area contributed by atoms with Crippen molar-refractivity contribution in [3.8, 4) is 11.1 Å². The highest BCUT2D eigenvalue weighted by Crippen LogP contribution is 2.44. The molecule has 7 nitrogen and oxygen atoms in total. The van der Waals surface area contributed by atoms with E-state index in [4.69, 9.17) is 4.74 Å². The summed E-state index contributed by atoms with van der Waals surface area (Å²) >= 11 is 0. The fourth-order valence-electron chi connectivity index (χ4n) is 5.24. The summed E-state index contributed by atoms with van der Waals surface area (Å²) in [6.45, 7) is 6.05. The number of alkyl carbamates (subject to hydrolysis) is 1. The third-order valence-electron chi connectivity index (χ3n) is 7.25. The molecule has 2 aliphatic rings. The molecule has 1 saturated carbocycles. The van der Waals surface area contributed by atoms with Crippen LogP contribution in [0, 0.1) is 11.3 Å². The molecule has 4 rings (SSSR count). The van der Waals surface area contributed by atoms with Crippen molar-refractivity contribution in [1.29, 1.82) is 0 Å². The Balaban J connectivity index is 1.37. The first-order valence-corrected chi connectivity index (χ1v) is 12.3. The molecule has 2 aromatic rings. The second kappa shape index (κ2) is 10.1. The Morgan fingerprint density at radius 1 is 1.00 bits per heavy atom. The lowest BCUT2D eigenvalue weighted by Gasteiger charge is -2.31. The second-order valence-electron chi connectivity index (χ2n) is 10.6. The number of hydrogen-bond acceptors (Lipinski definition) is 4. The predicted octanol–water partition coefficient (Wildman–Crippen LogP) is 4.70. The van der Waals surface area contributed by atoms with Crippen LogP contribution in [0.4, 0.5) is 4.79 Å². The molecule has 0 bridgehead atoms. The summed E-state index contributed by atoms with van der Waals surface area (Å²) in [7, 11) is 0. The summed E-state index contributed by atoms with van der Waals surface area (Å²) in [5.74, 6) is -1.74. The van der Waals surface area contributed by atoms with Crippen LogP contribution in [0.25, 0.3) is 11.1 Å². The van der Waals surface area contributed by atoms with Crippen molar-refractivity contribution in [3.05, 3.63) is 59.7 Å². The molecule has 1 fully saturated rings. The highest BCUT2D eigenvalue weighted by atomic mass is 16.5. The lowest BCUT2D eigenvalue weighted by atomic mass is 9.84. The maximum atomic E-state index is 12.8. The van der Waals surface area contributed by atoms with E-state index in [0.717, 1.165) is 28.7 Å². The second-order valence-corrected chi connectivity index (χ2v) is 10.6. The number of fused-ring (bicyclic) bond motifs is 3. The van der Waals surface area contributed by atoms with Gasteiger partial charge in [0, 0.05) is 24.4 Å². The van der Waals surface area contributed by atoms with Crippen LogP contribution < -0.4 is 10.6 Å². The van der Waals surface area contributed by atoms with Crippen molar-refractivity contribution >= 4 is 18.0 Å². The van der Waals surface area contributed by atoms with Gasteiger partial charge in [0.15, 0.2) is 0 Å². The fraction of sp³-hybridized carbons (Fsp3) is 0.464. The third kappa shape index (κ3) is 5.50. The number of carbonyl (C=O) groups excluding carboxylic acids is 2. The molecule has 0 aromatic heterocycles. The summed E-state index contributed by atoms with van der Waals surface area (Å²) < 4.78 is 5.67. The number of ether oxygens (including phenoxy) is 1. The van der Waals surface area contributed by atoms with Gasteiger partial charge in [-0.3, -0.25) is 9.59 Å². The van der Waals surface area contributed by atoms with Gasteiger partial charge in [0.2, 0.25) is 5.91 Å². The molecule has 0 spiro atoms. The number of aliphatic carboxylic acids is 1. The zero-order valence-electron chi connectivity index (χ0n) is 20.5. The number of amides is 2. The molecule has 2 amide bonds. The smallest absolute Gasteiger partial charge is 0.407 e. The Kier molecular flexibility index (Phi) is 7.15. The predicted molar refractivity (Wildman–Crippen MR) is 133 cm³/mol. The molecule has 0 heterocycles. The molecule has 3 N–H and O–H groups in total. The lowest BCUT2D eigenvalue weighted by Crippen LogP contribution is -2.49. The van der Waals surface area contributed by atoms with Crippen LogP contribution >= 0.6 is 0 Å². The number of rotatable bonds is 7. The standard InChI is InChI=1S/C28H34N2O5/c1-28(2,3)24(15-25(31)29-23-14-8-13-21(23)26(32)33)30-27(34)35-16-22-19-11-6-4-9-17(19)18-10-5-7-12-20(18)22/h4-7,9-12,21-24H,8,13-16H2,1-3H3,(H,29,31)(H,30,34)(H,32,33). The molecule has 35 heavy (non-hydrogen) atoms. The van der Waals surface area contributed by atoms with E-state index in [0.29, 0.717) is 12.8 Å². The summed E-state index contributed by atoms with van der Waals surface area (Å²) in [6, 6.07) is 15.5. The van der Waals surface area contributed by atoms with E-state index in [1.54, 1.807) is 0 Å². The molecular weight excluding hydrogens is 444 g/mol. The van der Waals surface area contributed by atoms with E-state index < -0.39 is 29.4 Å². The number of hydrogen-bond donors (Lipinski definition) is 3. The molecule has 3 atom stereocenters. The fourth-order valence-corrected chi connectivity index (χ4v) is 5.24. The van der Waals surface area contributed by atoms with Gasteiger partial charge >= 0.3 is 12.1 Å². The average Bonchev–Trinajstić information content (AvgIpc) is 3.39. The first kappa shape index (κ1) is 24.8. The Morgan fingerprint density at radius 2 is 1.60 bits per heavy atom. The van der Waals surface area contributed by atoms with Gasteiger partial charge in [-0.1, -0.05) is 75.7 Å². The topological polar surface area (TPSA) is 105 Å². The molecule has 0 radical (unpaired) electrons. The van der Waals surface area contributed by atoms with E-state index in [1.807, 2.05) is 45.0 Å². The third-order valence-corrected chi connectivity index (χ3v) is 7.25. The van der Waals surface area contributed by atoms with E-state index >= 15 is 0 Å². The van der Waals surface area contributed by atoms with Crippen molar-refractivity contribution in [1.82, 2.24) is 10.6 Å². The normalized spacial score (nSPS) is 20.0. The zero-order valence-corrected chi connectivity index (χ0v) is 20.5. The minimum Gasteiger partial charge on any atom is -0.481 e. The number of carbonyl (C=O) groups is 3. The lowest BCUT2D eigenvalue weighted by molar-refractivity contribution is -0.142. The monoisotopic (exact) mass is 478 g/mol. The van der Waals surface area contributed by atoms with Gasteiger partial charge in [0.05, 0.1) is 5.92 Å². The molecular formula is C28H34N2O5. The minimum absolute atomic E-state index is 0.0418. The Labute approximate surface area is 206 Å². The van der Waals surface area contributed by atoms with Gasteiger partial charge in [-0.15, -0.1) is 0 Å². The van der Waals surface area contributed by atoms with Crippen molar-refractivity contribution in [2.45, 2.75) is 64.5 Å². The maximum absolute atomic E-state index is 12.8. The van der Waals surface area contributed by atoms with Crippen LogP contribution in [-0.2, 0) is 14.3 Å². The molecule has 2 aromatic carbocycles. The van der Waals surface area contributed by atoms with Crippen molar-refractivity contribution < 1.29 is 24.2 Å². The Hall–Kier alpha value is -3.35.